The quantitative estimate of drug-likeness (QED) is 0.794. The van der Waals surface area contributed by atoms with E-state index in [9.17, 15) is 4.79 Å². The van der Waals surface area contributed by atoms with Gasteiger partial charge in [-0.25, -0.2) is 4.79 Å². The fraction of sp³-hybridized carbons (Fsp3) is 0.375. The van der Waals surface area contributed by atoms with Gasteiger partial charge >= 0.3 is 6.03 Å². The monoisotopic (exact) mass is 229 g/mol. The van der Waals surface area contributed by atoms with Crippen LogP contribution >= 0.6 is 11.6 Å². The summed E-state index contributed by atoms with van der Waals surface area (Å²) in [5.74, 6) is 0.259. The Bertz CT molecular complexity index is 370. The molecule has 2 amide bonds. The van der Waals surface area contributed by atoms with Crippen LogP contribution in [0.1, 0.15) is 12.5 Å². The van der Waals surface area contributed by atoms with Crippen molar-refractivity contribution < 1.29 is 4.79 Å². The van der Waals surface area contributed by atoms with E-state index >= 15 is 0 Å². The van der Waals surface area contributed by atoms with E-state index in [0.29, 0.717) is 12.1 Å². The van der Waals surface area contributed by atoms with Crippen LogP contribution in [0, 0.1) is 0 Å². The third kappa shape index (κ3) is 2.95. The molecule has 0 aliphatic carbocycles. The van der Waals surface area contributed by atoms with Crippen molar-refractivity contribution in [3.8, 4) is 0 Å². The number of amides is 2. The lowest BCUT2D eigenvalue weighted by Gasteiger charge is -2.18. The van der Waals surface area contributed by atoms with Crippen LogP contribution in [0.4, 0.5) is 10.6 Å². The minimum atomic E-state index is -0.510. The first kappa shape index (κ1) is 11.5. The number of carbonyl (C=O) groups excluding carboxylic acids is 1. The van der Waals surface area contributed by atoms with Gasteiger partial charge in [0.25, 0.3) is 0 Å². The van der Waals surface area contributed by atoms with E-state index in [1.54, 1.807) is 6.07 Å². The van der Waals surface area contributed by atoms with Crippen LogP contribution in [0.15, 0.2) is 6.07 Å². The predicted octanol–water partition coefficient (Wildman–Crippen LogP) is 0.613. The summed E-state index contributed by atoms with van der Waals surface area (Å²) >= 11 is 5.79. The van der Waals surface area contributed by atoms with Gasteiger partial charge in [0.05, 0.1) is 6.54 Å². The molecule has 1 heterocycles. The van der Waals surface area contributed by atoms with Gasteiger partial charge in [-0.05, 0) is 13.0 Å². The van der Waals surface area contributed by atoms with E-state index in [0.717, 1.165) is 0 Å². The van der Waals surface area contributed by atoms with Crippen molar-refractivity contribution in [2.45, 2.75) is 13.5 Å². The highest BCUT2D eigenvalue weighted by Gasteiger charge is 2.11. The second kappa shape index (κ2) is 4.79. The summed E-state index contributed by atoms with van der Waals surface area (Å²) in [5, 5.41) is 7.44. The molecular formula is C8H12ClN5O. The topological polar surface area (TPSA) is 98.1 Å². The zero-order valence-corrected chi connectivity index (χ0v) is 9.03. The molecule has 7 heteroatoms. The minimum Gasteiger partial charge on any atom is -0.382 e. The third-order valence-corrected chi connectivity index (χ3v) is 2.21. The standard InChI is InChI=1S/C8H12ClN5O/c1-2-14(8(11)15)4-5-3-6(10)12-13-7(5)9/h3H,2,4H2,1H3,(H2,10,12)(H2,11,15). The summed E-state index contributed by atoms with van der Waals surface area (Å²) in [4.78, 5) is 12.4. The van der Waals surface area contributed by atoms with Crippen molar-refractivity contribution in [2.75, 3.05) is 12.3 Å². The normalized spacial score (nSPS) is 10.0. The molecule has 0 spiro atoms. The maximum atomic E-state index is 11.0. The van der Waals surface area contributed by atoms with Crippen LogP contribution in [0.3, 0.4) is 0 Å². The predicted molar refractivity (Wildman–Crippen MR) is 57.1 cm³/mol. The second-order valence-electron chi connectivity index (χ2n) is 2.94. The molecule has 0 fully saturated rings. The first-order chi connectivity index (χ1) is 7.04. The summed E-state index contributed by atoms with van der Waals surface area (Å²) < 4.78 is 0. The number of nitrogens with two attached hydrogens (primary N) is 2. The Kier molecular flexibility index (Phi) is 3.68. The van der Waals surface area contributed by atoms with Crippen molar-refractivity contribution >= 4 is 23.4 Å². The number of hydrogen-bond acceptors (Lipinski definition) is 4. The fourth-order valence-corrected chi connectivity index (χ4v) is 1.25. The van der Waals surface area contributed by atoms with Crippen LogP contribution in [-0.4, -0.2) is 27.7 Å². The summed E-state index contributed by atoms with van der Waals surface area (Å²) in [7, 11) is 0. The van der Waals surface area contributed by atoms with Crippen molar-refractivity contribution in [1.82, 2.24) is 15.1 Å². The van der Waals surface area contributed by atoms with Gasteiger partial charge in [0, 0.05) is 12.1 Å². The van der Waals surface area contributed by atoms with Gasteiger partial charge in [-0.15, -0.1) is 10.2 Å². The third-order valence-electron chi connectivity index (χ3n) is 1.89. The number of nitrogens with zero attached hydrogens (tertiary/aromatic N) is 3. The Morgan fingerprint density at radius 1 is 1.60 bits per heavy atom. The van der Waals surface area contributed by atoms with E-state index in [-0.39, 0.29) is 17.5 Å². The lowest BCUT2D eigenvalue weighted by Crippen LogP contribution is -2.35. The number of halogens is 1. The molecule has 0 aromatic carbocycles. The highest BCUT2D eigenvalue weighted by molar-refractivity contribution is 6.30. The van der Waals surface area contributed by atoms with Gasteiger partial charge in [0.1, 0.15) is 5.82 Å². The molecule has 0 radical (unpaired) electrons. The Labute approximate surface area is 92.2 Å². The molecule has 1 aromatic rings. The smallest absolute Gasteiger partial charge is 0.315 e. The lowest BCUT2D eigenvalue weighted by molar-refractivity contribution is 0.208. The van der Waals surface area contributed by atoms with Crippen LogP contribution in [-0.2, 0) is 6.54 Å². The van der Waals surface area contributed by atoms with E-state index < -0.39 is 6.03 Å². The molecule has 0 saturated heterocycles. The highest BCUT2D eigenvalue weighted by atomic mass is 35.5. The average Bonchev–Trinajstić information content (AvgIpc) is 2.18. The van der Waals surface area contributed by atoms with E-state index in [1.165, 1.54) is 4.90 Å². The number of hydrogen-bond donors (Lipinski definition) is 2. The van der Waals surface area contributed by atoms with Crippen LogP contribution in [0.2, 0.25) is 5.15 Å². The highest BCUT2D eigenvalue weighted by Crippen LogP contribution is 2.15. The molecule has 82 valence electrons. The van der Waals surface area contributed by atoms with Crippen molar-refractivity contribution in [3.05, 3.63) is 16.8 Å². The molecule has 0 bridgehead atoms. The van der Waals surface area contributed by atoms with E-state index in [1.807, 2.05) is 6.92 Å². The molecule has 0 aliphatic rings. The van der Waals surface area contributed by atoms with Crippen molar-refractivity contribution in [3.63, 3.8) is 0 Å². The van der Waals surface area contributed by atoms with Gasteiger partial charge in [-0.3, -0.25) is 0 Å². The largest absolute Gasteiger partial charge is 0.382 e. The van der Waals surface area contributed by atoms with E-state index in [4.69, 9.17) is 23.1 Å². The maximum absolute atomic E-state index is 11.0. The molecule has 1 rings (SSSR count). The molecule has 0 unspecified atom stereocenters. The number of anilines is 1. The van der Waals surface area contributed by atoms with Crippen LogP contribution < -0.4 is 11.5 Å². The Morgan fingerprint density at radius 3 is 2.80 bits per heavy atom. The van der Waals surface area contributed by atoms with Gasteiger partial charge < -0.3 is 16.4 Å². The molecule has 0 aliphatic heterocycles. The molecule has 0 saturated carbocycles. The minimum absolute atomic E-state index is 0.226. The number of rotatable bonds is 3. The zero-order valence-electron chi connectivity index (χ0n) is 8.27. The number of urea groups is 1. The molecule has 15 heavy (non-hydrogen) atoms. The fourth-order valence-electron chi connectivity index (χ4n) is 1.09. The SMILES string of the molecule is CCN(Cc1cc(N)nnc1Cl)C(N)=O. The number of nitrogen functional groups attached to an aromatic ring is 1. The van der Waals surface area contributed by atoms with Crippen LogP contribution in [0.25, 0.3) is 0 Å². The summed E-state index contributed by atoms with van der Waals surface area (Å²) in [6.07, 6.45) is 0. The first-order valence-electron chi connectivity index (χ1n) is 4.36. The van der Waals surface area contributed by atoms with Crippen molar-refractivity contribution in [1.29, 1.82) is 0 Å². The van der Waals surface area contributed by atoms with Crippen molar-refractivity contribution in [2.24, 2.45) is 5.73 Å². The first-order valence-corrected chi connectivity index (χ1v) is 4.74. The summed E-state index contributed by atoms with van der Waals surface area (Å²) in [5.41, 5.74) is 11.2. The summed E-state index contributed by atoms with van der Waals surface area (Å²) in [6, 6.07) is 1.06. The average molecular weight is 230 g/mol. The Hall–Kier alpha value is -1.56. The maximum Gasteiger partial charge on any atom is 0.315 e. The van der Waals surface area contributed by atoms with E-state index in [2.05, 4.69) is 10.2 Å². The Balaban J connectivity index is 2.87. The molecule has 4 N–H and O–H groups in total. The molecular weight excluding hydrogens is 218 g/mol. The number of aromatic nitrogens is 2. The number of carbonyl (C=O) groups is 1. The van der Waals surface area contributed by atoms with Gasteiger partial charge in [-0.1, -0.05) is 11.6 Å². The number of primary amides is 1. The molecule has 6 nitrogen and oxygen atoms in total. The van der Waals surface area contributed by atoms with Gasteiger partial charge in [0.2, 0.25) is 0 Å². The van der Waals surface area contributed by atoms with Gasteiger partial charge in [0.15, 0.2) is 5.15 Å². The molecule has 1 aromatic heterocycles. The molecule has 0 atom stereocenters. The zero-order chi connectivity index (χ0) is 11.4. The van der Waals surface area contributed by atoms with Gasteiger partial charge in [-0.2, -0.15) is 0 Å². The lowest BCUT2D eigenvalue weighted by atomic mass is 10.3. The van der Waals surface area contributed by atoms with Crippen LogP contribution in [0.5, 0.6) is 0 Å². The second-order valence-corrected chi connectivity index (χ2v) is 3.30. The Morgan fingerprint density at radius 2 is 2.27 bits per heavy atom. The summed E-state index contributed by atoms with van der Waals surface area (Å²) in [6.45, 7) is 2.59.